The van der Waals surface area contributed by atoms with Crippen molar-refractivity contribution >= 4 is 28.4 Å². The minimum absolute atomic E-state index is 0.00447. The van der Waals surface area contributed by atoms with E-state index in [1.54, 1.807) is 35.0 Å². The van der Waals surface area contributed by atoms with Crippen LogP contribution in [0.15, 0.2) is 66.9 Å². The van der Waals surface area contributed by atoms with Crippen LogP contribution in [0, 0.1) is 17.5 Å². The third-order valence-corrected chi connectivity index (χ3v) is 6.17. The summed E-state index contributed by atoms with van der Waals surface area (Å²) in [6.07, 6.45) is 1.16. The second-order valence-electron chi connectivity index (χ2n) is 8.86. The number of benzene rings is 3. The minimum Gasteiger partial charge on any atom is -0.345 e. The number of nitrogens with zero attached hydrogens (tertiary/aromatic N) is 3. The van der Waals surface area contributed by atoms with Crippen molar-refractivity contribution < 1.29 is 31.5 Å². The lowest BCUT2D eigenvalue weighted by Gasteiger charge is -2.30. The molecule has 2 amide bonds. The lowest BCUT2D eigenvalue weighted by atomic mass is 9.98. The molecule has 1 saturated heterocycles. The van der Waals surface area contributed by atoms with E-state index in [4.69, 9.17) is 0 Å². The van der Waals surface area contributed by atoms with Crippen LogP contribution >= 0.6 is 0 Å². The van der Waals surface area contributed by atoms with Crippen LogP contribution in [0.4, 0.5) is 27.6 Å². The lowest BCUT2D eigenvalue weighted by Crippen LogP contribution is -2.46. The van der Waals surface area contributed by atoms with Crippen LogP contribution in [0.1, 0.15) is 24.9 Å². The number of aromatic nitrogens is 2. The van der Waals surface area contributed by atoms with Gasteiger partial charge in [-0.05, 0) is 60.2 Å². The minimum atomic E-state index is -3.72. The number of hydrogen-bond donors (Lipinski definition) is 1. The zero-order valence-corrected chi connectivity index (χ0v) is 19.3. The maximum atomic E-state index is 14.1. The zero-order valence-electron chi connectivity index (χ0n) is 19.3. The van der Waals surface area contributed by atoms with Gasteiger partial charge in [0.1, 0.15) is 17.5 Å². The van der Waals surface area contributed by atoms with Crippen molar-refractivity contribution in [3.63, 3.8) is 0 Å². The van der Waals surface area contributed by atoms with Crippen LogP contribution in [0.25, 0.3) is 16.6 Å². The highest BCUT2D eigenvalue weighted by atomic mass is 19.3. The normalized spacial score (nSPS) is 18.0. The molecule has 1 aromatic heterocycles. The number of fused-ring (bicyclic) bond motifs is 1. The smallest absolute Gasteiger partial charge is 0.321 e. The van der Waals surface area contributed by atoms with Gasteiger partial charge in [-0.15, -0.1) is 0 Å². The van der Waals surface area contributed by atoms with Crippen molar-refractivity contribution in [2.24, 2.45) is 0 Å². The Kier molecular flexibility index (Phi) is 5.93. The molecule has 0 aliphatic carbocycles. The number of alkyl halides is 2. The molecule has 1 N–H and O–H groups in total. The van der Waals surface area contributed by atoms with Crippen molar-refractivity contribution in [3.8, 4) is 5.69 Å². The quantitative estimate of drug-likeness (QED) is 0.379. The van der Waals surface area contributed by atoms with E-state index in [1.807, 2.05) is 0 Å². The molecule has 3 aromatic carbocycles. The van der Waals surface area contributed by atoms with Gasteiger partial charge in [-0.3, -0.25) is 9.59 Å². The Hall–Kier alpha value is -4.28. The maximum absolute atomic E-state index is 14.1. The van der Waals surface area contributed by atoms with E-state index in [9.17, 15) is 31.5 Å². The molecule has 1 aliphatic rings. The second kappa shape index (κ2) is 8.99. The average Bonchev–Trinajstić information content (AvgIpc) is 3.38. The van der Waals surface area contributed by atoms with Gasteiger partial charge < -0.3 is 10.2 Å². The Bertz CT molecular complexity index is 1490. The summed E-state index contributed by atoms with van der Waals surface area (Å²) in [5.74, 6) is -8.11. The second-order valence-corrected chi connectivity index (χ2v) is 8.86. The number of anilines is 1. The molecule has 5 rings (SSSR count). The van der Waals surface area contributed by atoms with Gasteiger partial charge in [0.2, 0.25) is 5.91 Å². The fourth-order valence-corrected chi connectivity index (χ4v) is 4.55. The largest absolute Gasteiger partial charge is 0.345 e. The van der Waals surface area contributed by atoms with Crippen LogP contribution < -0.4 is 10.2 Å². The molecule has 4 aromatic rings. The van der Waals surface area contributed by atoms with Crippen LogP contribution in [0.5, 0.6) is 0 Å². The topological polar surface area (TPSA) is 67.2 Å². The standard InChI is InChI=1S/C26H19F5N4O2/c1-26(30,31)25(37)33-21-12-23(36)34(24(21)14-8-17(28)11-18(29)9-14)20-6-7-22-15(10-20)13-32-35(22)19-4-2-16(27)3-5-19/h2-11,13,21,24H,12H2,1H3,(H,33,37)/t21-,24?/m0/s1. The Morgan fingerprint density at radius 3 is 2.24 bits per heavy atom. The molecule has 0 spiro atoms. The molecular weight excluding hydrogens is 495 g/mol. The summed E-state index contributed by atoms with van der Waals surface area (Å²) in [5.41, 5.74) is 1.53. The molecular formula is C26H19F5N4O2. The molecule has 0 radical (unpaired) electrons. The first-order valence-electron chi connectivity index (χ1n) is 11.2. The highest BCUT2D eigenvalue weighted by molar-refractivity contribution is 6.00. The van der Waals surface area contributed by atoms with Gasteiger partial charge in [-0.25, -0.2) is 17.9 Å². The molecule has 11 heteroatoms. The summed E-state index contributed by atoms with van der Waals surface area (Å²) in [7, 11) is 0. The molecule has 1 fully saturated rings. The van der Waals surface area contributed by atoms with Crippen LogP contribution in [-0.4, -0.2) is 33.6 Å². The summed E-state index contributed by atoms with van der Waals surface area (Å²) in [5, 5.41) is 7.06. The van der Waals surface area contributed by atoms with Gasteiger partial charge >= 0.3 is 5.92 Å². The summed E-state index contributed by atoms with van der Waals surface area (Å²) < 4.78 is 70.3. The number of rotatable bonds is 5. The van der Waals surface area contributed by atoms with Crippen LogP contribution in [-0.2, 0) is 9.59 Å². The Balaban J connectivity index is 1.57. The number of carbonyl (C=O) groups is 2. The molecule has 37 heavy (non-hydrogen) atoms. The molecule has 6 nitrogen and oxygen atoms in total. The van der Waals surface area contributed by atoms with Crippen molar-refractivity contribution in [3.05, 3.63) is 89.9 Å². The Morgan fingerprint density at radius 1 is 0.946 bits per heavy atom. The molecule has 2 heterocycles. The van der Waals surface area contributed by atoms with Crippen molar-refractivity contribution in [2.75, 3.05) is 4.90 Å². The first kappa shape index (κ1) is 24.4. The summed E-state index contributed by atoms with van der Waals surface area (Å²) in [4.78, 5) is 26.4. The van der Waals surface area contributed by atoms with Crippen molar-refractivity contribution in [2.45, 2.75) is 31.4 Å². The van der Waals surface area contributed by atoms with Gasteiger partial charge in [0, 0.05) is 30.5 Å². The van der Waals surface area contributed by atoms with Gasteiger partial charge in [0.25, 0.3) is 5.91 Å². The summed E-state index contributed by atoms with van der Waals surface area (Å²) >= 11 is 0. The van der Waals surface area contributed by atoms with Crippen LogP contribution in [0.3, 0.4) is 0 Å². The molecule has 2 atom stereocenters. The Morgan fingerprint density at radius 2 is 1.59 bits per heavy atom. The zero-order chi connectivity index (χ0) is 26.5. The van der Waals surface area contributed by atoms with E-state index in [-0.39, 0.29) is 12.0 Å². The van der Waals surface area contributed by atoms with E-state index in [1.165, 1.54) is 23.2 Å². The number of nitrogens with one attached hydrogen (secondary N) is 1. The molecule has 1 unspecified atom stereocenters. The number of hydrogen-bond acceptors (Lipinski definition) is 3. The monoisotopic (exact) mass is 514 g/mol. The summed E-state index contributed by atoms with van der Waals surface area (Å²) in [6, 6.07) is 10.8. The van der Waals surface area contributed by atoms with Crippen molar-refractivity contribution in [1.82, 2.24) is 15.1 Å². The summed E-state index contributed by atoms with van der Waals surface area (Å²) in [6.45, 7) is 0.417. The van der Waals surface area contributed by atoms with E-state index >= 15 is 0 Å². The highest BCUT2D eigenvalue weighted by Crippen LogP contribution is 2.39. The van der Waals surface area contributed by atoms with Gasteiger partial charge in [-0.2, -0.15) is 13.9 Å². The predicted octanol–water partition coefficient (Wildman–Crippen LogP) is 5.06. The van der Waals surface area contributed by atoms with Crippen molar-refractivity contribution in [1.29, 1.82) is 0 Å². The van der Waals surface area contributed by atoms with Crippen LogP contribution in [0.2, 0.25) is 0 Å². The number of carbonyl (C=O) groups excluding carboxylic acids is 2. The molecule has 0 saturated carbocycles. The first-order valence-corrected chi connectivity index (χ1v) is 11.2. The van der Waals surface area contributed by atoms with Gasteiger partial charge in [0.05, 0.1) is 29.5 Å². The first-order chi connectivity index (χ1) is 17.5. The highest BCUT2D eigenvalue weighted by Gasteiger charge is 2.45. The molecule has 190 valence electrons. The SMILES string of the molecule is CC(F)(F)C(=O)N[C@H]1CC(=O)N(c2ccc3c(cnn3-c3ccc(F)cc3)c2)C1c1cc(F)cc(F)c1. The third kappa shape index (κ3) is 4.64. The lowest BCUT2D eigenvalue weighted by molar-refractivity contribution is -0.143. The number of amides is 2. The van der Waals surface area contributed by atoms with E-state index in [0.717, 1.165) is 12.1 Å². The van der Waals surface area contributed by atoms with E-state index < -0.39 is 47.3 Å². The number of halogens is 5. The third-order valence-electron chi connectivity index (χ3n) is 6.17. The van der Waals surface area contributed by atoms with E-state index in [0.29, 0.717) is 35.3 Å². The Labute approximate surface area is 207 Å². The fraction of sp³-hybridized carbons (Fsp3) is 0.192. The van der Waals surface area contributed by atoms with E-state index in [2.05, 4.69) is 10.4 Å². The average molecular weight is 514 g/mol. The fourth-order valence-electron chi connectivity index (χ4n) is 4.55. The van der Waals surface area contributed by atoms with Gasteiger partial charge in [-0.1, -0.05) is 0 Å². The molecule has 0 bridgehead atoms. The maximum Gasteiger partial charge on any atom is 0.321 e. The molecule has 1 aliphatic heterocycles. The predicted molar refractivity (Wildman–Crippen MR) is 125 cm³/mol. The van der Waals surface area contributed by atoms with Gasteiger partial charge in [0.15, 0.2) is 0 Å².